The number of nitrogens with one attached hydrogen (secondary N) is 1. The van der Waals surface area contributed by atoms with Crippen molar-refractivity contribution in [2.24, 2.45) is 0 Å². The first-order valence-corrected chi connectivity index (χ1v) is 5.82. The Labute approximate surface area is 95.5 Å². The molecule has 0 spiro atoms. The first-order chi connectivity index (χ1) is 7.40. The van der Waals surface area contributed by atoms with Gasteiger partial charge in [0.15, 0.2) is 0 Å². The van der Waals surface area contributed by atoms with Gasteiger partial charge >= 0.3 is 6.18 Å². The molecule has 0 aromatic rings. The minimum atomic E-state index is -4.05. The molecule has 2 nitrogen and oxygen atoms in total. The van der Waals surface area contributed by atoms with Crippen LogP contribution >= 0.6 is 0 Å². The van der Waals surface area contributed by atoms with E-state index < -0.39 is 12.6 Å². The van der Waals surface area contributed by atoms with Crippen molar-refractivity contribution in [3.63, 3.8) is 0 Å². The second-order valence-electron chi connectivity index (χ2n) is 3.83. The van der Waals surface area contributed by atoms with Crippen molar-refractivity contribution in [3.05, 3.63) is 0 Å². The van der Waals surface area contributed by atoms with Crippen LogP contribution in [0.5, 0.6) is 0 Å². The van der Waals surface area contributed by atoms with Gasteiger partial charge in [-0.05, 0) is 33.2 Å². The van der Waals surface area contributed by atoms with Gasteiger partial charge in [0.25, 0.3) is 0 Å². The highest BCUT2D eigenvalue weighted by molar-refractivity contribution is 4.73. The zero-order valence-corrected chi connectivity index (χ0v) is 10.2. The summed E-state index contributed by atoms with van der Waals surface area (Å²) in [7, 11) is 0. The quantitative estimate of drug-likeness (QED) is 0.705. The second-order valence-corrected chi connectivity index (χ2v) is 3.83. The molecule has 98 valence electrons. The van der Waals surface area contributed by atoms with Crippen LogP contribution in [0.15, 0.2) is 0 Å². The fourth-order valence-electron chi connectivity index (χ4n) is 1.67. The monoisotopic (exact) mass is 241 g/mol. The molecule has 0 aliphatic heterocycles. The van der Waals surface area contributed by atoms with Gasteiger partial charge in [-0.2, -0.15) is 13.2 Å². The van der Waals surface area contributed by atoms with Gasteiger partial charge in [-0.15, -0.1) is 0 Å². The predicted octanol–water partition coefficient (Wildman–Crippen LogP) is 3.12. The molecule has 2 atom stereocenters. The molecule has 0 saturated heterocycles. The first-order valence-electron chi connectivity index (χ1n) is 5.82. The van der Waals surface area contributed by atoms with Crippen LogP contribution in [-0.4, -0.2) is 31.5 Å². The molecule has 0 heterocycles. The zero-order valence-electron chi connectivity index (χ0n) is 10.2. The Morgan fingerprint density at radius 2 is 1.88 bits per heavy atom. The van der Waals surface area contributed by atoms with Crippen molar-refractivity contribution < 1.29 is 17.9 Å². The molecule has 0 radical (unpaired) electrons. The average Bonchev–Trinajstić information content (AvgIpc) is 2.15. The van der Waals surface area contributed by atoms with Crippen LogP contribution < -0.4 is 5.32 Å². The number of hydrogen-bond acceptors (Lipinski definition) is 2. The van der Waals surface area contributed by atoms with Crippen LogP contribution in [-0.2, 0) is 4.74 Å². The third-order valence-corrected chi connectivity index (χ3v) is 2.44. The van der Waals surface area contributed by atoms with Crippen LogP contribution in [0.25, 0.3) is 0 Å². The minimum absolute atomic E-state index is 0.00676. The van der Waals surface area contributed by atoms with E-state index in [0.717, 1.165) is 6.54 Å². The largest absolute Gasteiger partial charge is 0.389 e. The molecule has 0 bridgehead atoms. The van der Waals surface area contributed by atoms with Crippen LogP contribution in [0.3, 0.4) is 0 Å². The zero-order chi connectivity index (χ0) is 12.6. The van der Waals surface area contributed by atoms with Gasteiger partial charge in [0.05, 0.1) is 6.10 Å². The molecule has 0 amide bonds. The standard InChI is InChI=1S/C11H22F3NO/c1-4-15-10(9(3)16-5-2)7-6-8-11(12,13)14/h9-10,15H,4-8H2,1-3H3. The van der Waals surface area contributed by atoms with E-state index >= 15 is 0 Å². The van der Waals surface area contributed by atoms with Crippen molar-refractivity contribution >= 4 is 0 Å². The van der Waals surface area contributed by atoms with Crippen LogP contribution in [0.1, 0.15) is 40.0 Å². The Morgan fingerprint density at radius 3 is 2.31 bits per heavy atom. The number of rotatable bonds is 8. The van der Waals surface area contributed by atoms with E-state index in [4.69, 9.17) is 4.74 Å². The van der Waals surface area contributed by atoms with Crippen molar-refractivity contribution in [1.29, 1.82) is 0 Å². The van der Waals surface area contributed by atoms with Crippen molar-refractivity contribution in [2.45, 2.75) is 58.4 Å². The molecule has 16 heavy (non-hydrogen) atoms. The molecule has 0 aromatic carbocycles. The summed E-state index contributed by atoms with van der Waals surface area (Å²) in [6.07, 6.45) is -4.16. The summed E-state index contributed by atoms with van der Waals surface area (Å²) in [6.45, 7) is 7.05. The van der Waals surface area contributed by atoms with E-state index in [1.165, 1.54) is 0 Å². The van der Waals surface area contributed by atoms with Crippen molar-refractivity contribution in [3.8, 4) is 0 Å². The maximum Gasteiger partial charge on any atom is 0.389 e. The lowest BCUT2D eigenvalue weighted by Crippen LogP contribution is -2.39. The summed E-state index contributed by atoms with van der Waals surface area (Å²) >= 11 is 0. The Hall–Kier alpha value is -0.290. The summed E-state index contributed by atoms with van der Waals surface area (Å²) in [4.78, 5) is 0. The van der Waals surface area contributed by atoms with E-state index in [9.17, 15) is 13.2 Å². The number of likely N-dealkylation sites (N-methyl/N-ethyl adjacent to an activating group) is 1. The number of halogens is 3. The number of hydrogen-bond donors (Lipinski definition) is 1. The normalized spacial score (nSPS) is 16.1. The lowest BCUT2D eigenvalue weighted by molar-refractivity contribution is -0.136. The summed E-state index contributed by atoms with van der Waals surface area (Å²) in [5.41, 5.74) is 0. The summed E-state index contributed by atoms with van der Waals surface area (Å²) in [5, 5.41) is 3.16. The Morgan fingerprint density at radius 1 is 1.25 bits per heavy atom. The first kappa shape index (κ1) is 15.7. The molecular formula is C11H22F3NO. The fraction of sp³-hybridized carbons (Fsp3) is 1.00. The summed E-state index contributed by atoms with van der Waals surface area (Å²) in [5.74, 6) is 0. The summed E-state index contributed by atoms with van der Waals surface area (Å²) in [6, 6.07) is 0.00676. The van der Waals surface area contributed by atoms with E-state index in [1.54, 1.807) is 0 Å². The third-order valence-electron chi connectivity index (χ3n) is 2.44. The molecule has 2 unspecified atom stereocenters. The molecule has 0 aliphatic rings. The molecule has 0 rings (SSSR count). The van der Waals surface area contributed by atoms with Crippen molar-refractivity contribution in [1.82, 2.24) is 5.32 Å². The van der Waals surface area contributed by atoms with E-state index in [-0.39, 0.29) is 18.6 Å². The van der Waals surface area contributed by atoms with Crippen molar-refractivity contribution in [2.75, 3.05) is 13.2 Å². The van der Waals surface area contributed by atoms with Gasteiger partial charge in [-0.25, -0.2) is 0 Å². The Balaban J connectivity index is 3.93. The van der Waals surface area contributed by atoms with E-state index in [2.05, 4.69) is 5.32 Å². The highest BCUT2D eigenvalue weighted by Crippen LogP contribution is 2.23. The molecule has 0 aliphatic carbocycles. The summed E-state index contributed by atoms with van der Waals surface area (Å²) < 4.78 is 41.4. The van der Waals surface area contributed by atoms with Gasteiger partial charge in [0.1, 0.15) is 0 Å². The molecule has 5 heteroatoms. The van der Waals surface area contributed by atoms with Crippen LogP contribution in [0.2, 0.25) is 0 Å². The van der Waals surface area contributed by atoms with Gasteiger partial charge < -0.3 is 10.1 Å². The van der Waals surface area contributed by atoms with Gasteiger partial charge in [0.2, 0.25) is 0 Å². The minimum Gasteiger partial charge on any atom is -0.377 e. The Bertz CT molecular complexity index is 173. The maximum absolute atomic E-state index is 12.0. The highest BCUT2D eigenvalue weighted by atomic mass is 19.4. The molecule has 0 saturated carbocycles. The lowest BCUT2D eigenvalue weighted by atomic mass is 10.0. The number of alkyl halides is 3. The maximum atomic E-state index is 12.0. The molecular weight excluding hydrogens is 219 g/mol. The average molecular weight is 241 g/mol. The number of ether oxygens (including phenoxy) is 1. The van der Waals surface area contributed by atoms with E-state index in [1.807, 2.05) is 20.8 Å². The van der Waals surface area contributed by atoms with Crippen LogP contribution in [0.4, 0.5) is 13.2 Å². The smallest absolute Gasteiger partial charge is 0.377 e. The molecule has 1 N–H and O–H groups in total. The third kappa shape index (κ3) is 7.93. The van der Waals surface area contributed by atoms with Crippen LogP contribution in [0, 0.1) is 0 Å². The highest BCUT2D eigenvalue weighted by Gasteiger charge is 2.27. The van der Waals surface area contributed by atoms with Gasteiger partial charge in [-0.1, -0.05) is 6.92 Å². The van der Waals surface area contributed by atoms with Gasteiger partial charge in [-0.3, -0.25) is 0 Å². The van der Waals surface area contributed by atoms with E-state index in [0.29, 0.717) is 13.0 Å². The fourth-order valence-corrected chi connectivity index (χ4v) is 1.67. The predicted molar refractivity (Wildman–Crippen MR) is 58.5 cm³/mol. The lowest BCUT2D eigenvalue weighted by Gasteiger charge is -2.24. The Kier molecular flexibility index (Phi) is 7.76. The molecule has 0 fully saturated rings. The van der Waals surface area contributed by atoms with Gasteiger partial charge in [0, 0.05) is 19.1 Å². The topological polar surface area (TPSA) is 21.3 Å². The SMILES string of the molecule is CCNC(CCCC(F)(F)F)C(C)OCC. The second kappa shape index (κ2) is 7.90. The molecule has 0 aromatic heterocycles.